The molecule has 1 aromatic rings. The van der Waals surface area contributed by atoms with E-state index >= 15 is 0 Å². The van der Waals surface area contributed by atoms with Gasteiger partial charge < -0.3 is 15.4 Å². The Hall–Kier alpha value is -1.20. The molecule has 0 saturated carbocycles. The summed E-state index contributed by atoms with van der Waals surface area (Å²) in [6.45, 7) is 4.43. The number of nitrogens with two attached hydrogens (primary N) is 1. The molecule has 0 aliphatic carbocycles. The number of ether oxygens (including phenoxy) is 1. The summed E-state index contributed by atoms with van der Waals surface area (Å²) in [6, 6.07) is 2.02. The zero-order valence-electron chi connectivity index (χ0n) is 11.3. The number of nitrogens with zero attached hydrogens (tertiary/aromatic N) is 3. The monoisotopic (exact) mass is 262 g/mol. The topological polar surface area (TPSA) is 64.3 Å². The second kappa shape index (κ2) is 5.84. The van der Waals surface area contributed by atoms with Crippen LogP contribution in [-0.2, 0) is 4.74 Å². The number of aromatic nitrogens is 2. The highest BCUT2D eigenvalue weighted by Gasteiger charge is 2.23. The van der Waals surface area contributed by atoms with Gasteiger partial charge in [0.25, 0.3) is 0 Å². The molecule has 0 aromatic carbocycles. The fourth-order valence-corrected chi connectivity index (χ4v) is 2.95. The van der Waals surface area contributed by atoms with Gasteiger partial charge in [0.1, 0.15) is 0 Å². The molecular formula is C14H22N4O. The van der Waals surface area contributed by atoms with Gasteiger partial charge in [-0.1, -0.05) is 0 Å². The van der Waals surface area contributed by atoms with E-state index in [2.05, 4.69) is 9.88 Å². The molecule has 2 atom stereocenters. The maximum atomic E-state index is 5.79. The average molecular weight is 262 g/mol. The third kappa shape index (κ3) is 2.87. The third-order valence-corrected chi connectivity index (χ3v) is 4.15. The Balaban J connectivity index is 1.74. The minimum Gasteiger partial charge on any atom is -0.381 e. The fraction of sp³-hybridized carbons (Fsp3) is 0.714. The van der Waals surface area contributed by atoms with E-state index in [4.69, 9.17) is 15.5 Å². The normalized spacial score (nSPS) is 27.7. The molecule has 2 aliphatic heterocycles. The molecule has 2 aliphatic rings. The van der Waals surface area contributed by atoms with E-state index in [0.717, 1.165) is 50.9 Å². The molecule has 19 heavy (non-hydrogen) atoms. The Kier molecular flexibility index (Phi) is 3.94. The molecule has 0 spiro atoms. The van der Waals surface area contributed by atoms with Crippen LogP contribution in [-0.4, -0.2) is 42.8 Å². The molecule has 2 fully saturated rings. The molecule has 0 radical (unpaired) electrons. The summed E-state index contributed by atoms with van der Waals surface area (Å²) < 4.78 is 5.44. The lowest BCUT2D eigenvalue weighted by atomic mass is 9.98. The molecule has 5 heteroatoms. The van der Waals surface area contributed by atoms with E-state index in [9.17, 15) is 0 Å². The number of piperidine rings is 1. The molecular weight excluding hydrogens is 240 g/mol. The molecule has 2 unspecified atom stereocenters. The predicted molar refractivity (Wildman–Crippen MR) is 74.2 cm³/mol. The third-order valence-electron chi connectivity index (χ3n) is 4.15. The summed E-state index contributed by atoms with van der Waals surface area (Å²) in [4.78, 5) is 11.5. The van der Waals surface area contributed by atoms with Crippen molar-refractivity contribution in [1.29, 1.82) is 0 Å². The molecule has 2 N–H and O–H groups in total. The van der Waals surface area contributed by atoms with Crippen LogP contribution in [0.1, 0.15) is 30.9 Å². The summed E-state index contributed by atoms with van der Waals surface area (Å²) in [6.07, 6.45) is 5.36. The lowest BCUT2D eigenvalue weighted by molar-refractivity contribution is 0.193. The van der Waals surface area contributed by atoms with Crippen LogP contribution < -0.4 is 10.6 Å². The molecule has 1 aromatic heterocycles. The van der Waals surface area contributed by atoms with Crippen LogP contribution in [0.2, 0.25) is 0 Å². The second-order valence-electron chi connectivity index (χ2n) is 5.53. The Morgan fingerprint density at radius 1 is 1.42 bits per heavy atom. The smallest absolute Gasteiger partial charge is 0.225 e. The van der Waals surface area contributed by atoms with Gasteiger partial charge >= 0.3 is 0 Å². The van der Waals surface area contributed by atoms with Gasteiger partial charge in [0, 0.05) is 31.8 Å². The van der Waals surface area contributed by atoms with Crippen molar-refractivity contribution in [2.45, 2.75) is 25.2 Å². The first kappa shape index (κ1) is 12.8. The van der Waals surface area contributed by atoms with Crippen molar-refractivity contribution >= 4 is 5.95 Å². The van der Waals surface area contributed by atoms with Crippen molar-refractivity contribution in [2.75, 3.05) is 37.7 Å². The number of hydrogen-bond donors (Lipinski definition) is 1. The van der Waals surface area contributed by atoms with Crippen LogP contribution in [0.4, 0.5) is 5.95 Å². The molecule has 2 saturated heterocycles. The van der Waals surface area contributed by atoms with Crippen LogP contribution in [0.25, 0.3) is 0 Å². The summed E-state index contributed by atoms with van der Waals surface area (Å²) >= 11 is 0. The summed E-state index contributed by atoms with van der Waals surface area (Å²) in [5.74, 6) is 1.88. The molecule has 3 rings (SSSR count). The van der Waals surface area contributed by atoms with E-state index in [1.165, 1.54) is 12.8 Å². The lowest BCUT2D eigenvalue weighted by Crippen LogP contribution is -2.39. The van der Waals surface area contributed by atoms with Crippen LogP contribution in [0, 0.1) is 5.92 Å². The SMILES string of the molecule is NCC1CCCN(c2nccc(C3CCOC3)n2)C1. The predicted octanol–water partition coefficient (Wildman–Crippen LogP) is 1.16. The van der Waals surface area contributed by atoms with Crippen LogP contribution >= 0.6 is 0 Å². The maximum absolute atomic E-state index is 5.79. The van der Waals surface area contributed by atoms with E-state index in [-0.39, 0.29) is 0 Å². The van der Waals surface area contributed by atoms with Gasteiger partial charge in [0.05, 0.1) is 12.3 Å². The highest BCUT2D eigenvalue weighted by atomic mass is 16.5. The highest BCUT2D eigenvalue weighted by Crippen LogP contribution is 2.25. The minimum absolute atomic E-state index is 0.442. The summed E-state index contributed by atoms with van der Waals surface area (Å²) in [7, 11) is 0. The molecule has 3 heterocycles. The molecule has 5 nitrogen and oxygen atoms in total. The van der Waals surface area contributed by atoms with Gasteiger partial charge in [-0.3, -0.25) is 0 Å². The van der Waals surface area contributed by atoms with E-state index in [1.807, 2.05) is 12.3 Å². The fourth-order valence-electron chi connectivity index (χ4n) is 2.95. The first-order chi connectivity index (χ1) is 9.36. The van der Waals surface area contributed by atoms with Gasteiger partial charge in [-0.05, 0) is 37.8 Å². The molecule has 0 bridgehead atoms. The Morgan fingerprint density at radius 2 is 2.37 bits per heavy atom. The van der Waals surface area contributed by atoms with Crippen LogP contribution in [0.5, 0.6) is 0 Å². The summed E-state index contributed by atoms with van der Waals surface area (Å²) in [5, 5.41) is 0. The molecule has 0 amide bonds. The standard InChI is InChI=1S/C14H22N4O/c15-8-11-2-1-6-18(9-11)14-16-5-3-13(17-14)12-4-7-19-10-12/h3,5,11-12H,1-2,4,6-10,15H2. The zero-order valence-corrected chi connectivity index (χ0v) is 11.3. The minimum atomic E-state index is 0.442. The zero-order chi connectivity index (χ0) is 13.1. The van der Waals surface area contributed by atoms with Crippen LogP contribution in [0.3, 0.4) is 0 Å². The van der Waals surface area contributed by atoms with Crippen molar-refractivity contribution in [2.24, 2.45) is 11.7 Å². The van der Waals surface area contributed by atoms with Crippen molar-refractivity contribution in [3.05, 3.63) is 18.0 Å². The van der Waals surface area contributed by atoms with E-state index in [1.54, 1.807) is 0 Å². The van der Waals surface area contributed by atoms with E-state index in [0.29, 0.717) is 11.8 Å². The quantitative estimate of drug-likeness (QED) is 0.885. The van der Waals surface area contributed by atoms with Gasteiger partial charge in [-0.2, -0.15) is 0 Å². The van der Waals surface area contributed by atoms with Crippen molar-refractivity contribution in [3.63, 3.8) is 0 Å². The first-order valence-electron chi connectivity index (χ1n) is 7.22. The summed E-state index contributed by atoms with van der Waals surface area (Å²) in [5.41, 5.74) is 6.91. The lowest BCUT2D eigenvalue weighted by Gasteiger charge is -2.32. The average Bonchev–Trinajstić information content (AvgIpc) is 3.02. The number of rotatable bonds is 3. The largest absolute Gasteiger partial charge is 0.381 e. The van der Waals surface area contributed by atoms with Crippen molar-refractivity contribution < 1.29 is 4.74 Å². The van der Waals surface area contributed by atoms with Gasteiger partial charge in [-0.15, -0.1) is 0 Å². The Morgan fingerprint density at radius 3 is 3.16 bits per heavy atom. The highest BCUT2D eigenvalue weighted by molar-refractivity contribution is 5.32. The molecule has 104 valence electrons. The Bertz CT molecular complexity index is 420. The first-order valence-corrected chi connectivity index (χ1v) is 7.22. The van der Waals surface area contributed by atoms with Crippen LogP contribution in [0.15, 0.2) is 12.3 Å². The second-order valence-corrected chi connectivity index (χ2v) is 5.53. The van der Waals surface area contributed by atoms with E-state index < -0.39 is 0 Å². The maximum Gasteiger partial charge on any atom is 0.225 e. The Labute approximate surface area is 114 Å². The number of hydrogen-bond acceptors (Lipinski definition) is 5. The van der Waals surface area contributed by atoms with Gasteiger partial charge in [0.15, 0.2) is 0 Å². The number of anilines is 1. The van der Waals surface area contributed by atoms with Crippen molar-refractivity contribution in [3.8, 4) is 0 Å². The van der Waals surface area contributed by atoms with Gasteiger partial charge in [-0.25, -0.2) is 9.97 Å². The van der Waals surface area contributed by atoms with Gasteiger partial charge in [0.2, 0.25) is 5.95 Å². The van der Waals surface area contributed by atoms with Crippen molar-refractivity contribution in [1.82, 2.24) is 9.97 Å².